The van der Waals surface area contributed by atoms with E-state index in [1.807, 2.05) is 24.3 Å². The van der Waals surface area contributed by atoms with E-state index in [2.05, 4.69) is 34.9 Å². The average molecular weight is 477 g/mol. The minimum Gasteiger partial charge on any atom is -0.481 e. The third kappa shape index (κ3) is 4.90. The second kappa shape index (κ2) is 10.1. The first-order valence-corrected chi connectivity index (χ1v) is 12.7. The van der Waals surface area contributed by atoms with Gasteiger partial charge < -0.3 is 20.5 Å². The van der Waals surface area contributed by atoms with Crippen molar-refractivity contribution in [2.75, 3.05) is 6.61 Å². The normalized spacial score (nSPS) is 25.4. The summed E-state index contributed by atoms with van der Waals surface area (Å²) in [5, 5.41) is 15.4. The van der Waals surface area contributed by atoms with E-state index in [9.17, 15) is 19.5 Å². The number of hydrogen-bond acceptors (Lipinski definition) is 4. The van der Waals surface area contributed by atoms with E-state index in [0.717, 1.165) is 12.8 Å². The molecule has 0 heterocycles. The van der Waals surface area contributed by atoms with Gasteiger partial charge in [-0.15, -0.1) is 0 Å². The van der Waals surface area contributed by atoms with Crippen LogP contribution in [0.5, 0.6) is 0 Å². The smallest absolute Gasteiger partial charge is 0.407 e. The van der Waals surface area contributed by atoms with Crippen molar-refractivity contribution in [3.63, 3.8) is 0 Å². The molecule has 5 rings (SSSR count). The summed E-state index contributed by atoms with van der Waals surface area (Å²) in [7, 11) is 0. The molecule has 35 heavy (non-hydrogen) atoms. The first kappa shape index (κ1) is 23.4. The molecular formula is C28H32N2O5. The van der Waals surface area contributed by atoms with E-state index < -0.39 is 18.0 Å². The van der Waals surface area contributed by atoms with Crippen LogP contribution in [0.3, 0.4) is 0 Å². The molecule has 2 aromatic carbocycles. The van der Waals surface area contributed by atoms with Crippen molar-refractivity contribution in [3.05, 3.63) is 59.7 Å². The number of carbonyl (C=O) groups is 3. The molecule has 3 N–H and O–H groups in total. The fourth-order valence-electron chi connectivity index (χ4n) is 6.06. The fourth-order valence-corrected chi connectivity index (χ4v) is 6.06. The van der Waals surface area contributed by atoms with Gasteiger partial charge in [-0.2, -0.15) is 0 Å². The first-order chi connectivity index (χ1) is 17.0. The Morgan fingerprint density at radius 1 is 0.857 bits per heavy atom. The lowest BCUT2D eigenvalue weighted by Gasteiger charge is -2.30. The monoisotopic (exact) mass is 476 g/mol. The molecule has 0 spiro atoms. The molecule has 0 aliphatic heterocycles. The standard InChI is InChI=1S/C28H32N2O5/c31-26(30-25-12-6-5-11-23(25)27(32)33)17-13-14-18(15-17)29-28(34)35-16-24-21-9-3-1-7-19(21)20-8-2-4-10-22(20)24/h1-4,7-10,17-18,23-25H,5-6,11-16H2,(H,29,34)(H,30,31)(H,32,33). The van der Waals surface area contributed by atoms with Crippen LogP contribution in [-0.4, -0.2) is 41.8 Å². The molecule has 7 heteroatoms. The Morgan fingerprint density at radius 2 is 1.51 bits per heavy atom. The third-order valence-electron chi connectivity index (χ3n) is 7.88. The van der Waals surface area contributed by atoms with Crippen LogP contribution in [-0.2, 0) is 14.3 Å². The van der Waals surface area contributed by atoms with Crippen LogP contribution in [0, 0.1) is 11.8 Å². The number of amides is 2. The number of hydrogen-bond donors (Lipinski definition) is 3. The number of carboxylic acids is 1. The summed E-state index contributed by atoms with van der Waals surface area (Å²) >= 11 is 0. The minimum absolute atomic E-state index is 0.00734. The van der Waals surface area contributed by atoms with Crippen molar-refractivity contribution >= 4 is 18.0 Å². The molecule has 0 radical (unpaired) electrons. The molecule has 0 bridgehead atoms. The van der Waals surface area contributed by atoms with Crippen LogP contribution in [0.4, 0.5) is 4.79 Å². The predicted molar refractivity (Wildman–Crippen MR) is 131 cm³/mol. The van der Waals surface area contributed by atoms with Gasteiger partial charge in [0.25, 0.3) is 0 Å². The number of aliphatic carboxylic acids is 1. The summed E-state index contributed by atoms with van der Waals surface area (Å²) in [6, 6.07) is 16.0. The Labute approximate surface area is 205 Å². The summed E-state index contributed by atoms with van der Waals surface area (Å²) in [5.41, 5.74) is 4.71. The maximum absolute atomic E-state index is 12.8. The van der Waals surface area contributed by atoms with Gasteiger partial charge in [0.2, 0.25) is 5.91 Å². The Hall–Kier alpha value is -3.35. The molecule has 3 aliphatic rings. The molecule has 3 aliphatic carbocycles. The zero-order valence-corrected chi connectivity index (χ0v) is 19.7. The fraction of sp³-hybridized carbons (Fsp3) is 0.464. The molecule has 0 aromatic heterocycles. The van der Waals surface area contributed by atoms with E-state index in [1.165, 1.54) is 22.3 Å². The lowest BCUT2D eigenvalue weighted by molar-refractivity contribution is -0.144. The van der Waals surface area contributed by atoms with Gasteiger partial charge in [0.15, 0.2) is 0 Å². The van der Waals surface area contributed by atoms with Crippen molar-refractivity contribution in [2.45, 2.75) is 62.9 Å². The van der Waals surface area contributed by atoms with Gasteiger partial charge in [0.1, 0.15) is 6.61 Å². The van der Waals surface area contributed by atoms with Crippen molar-refractivity contribution in [1.29, 1.82) is 0 Å². The number of carbonyl (C=O) groups excluding carboxylic acids is 2. The quantitative estimate of drug-likeness (QED) is 0.571. The number of rotatable bonds is 6. The third-order valence-corrected chi connectivity index (χ3v) is 7.88. The lowest BCUT2D eigenvalue weighted by atomic mass is 9.84. The van der Waals surface area contributed by atoms with Crippen molar-refractivity contribution in [2.24, 2.45) is 11.8 Å². The Morgan fingerprint density at radius 3 is 2.20 bits per heavy atom. The van der Waals surface area contributed by atoms with Gasteiger partial charge in [0.05, 0.1) is 5.92 Å². The molecule has 184 valence electrons. The number of nitrogens with one attached hydrogen (secondary N) is 2. The van der Waals surface area contributed by atoms with Crippen molar-refractivity contribution < 1.29 is 24.2 Å². The molecule has 2 fully saturated rings. The Balaban J connectivity index is 1.12. The summed E-state index contributed by atoms with van der Waals surface area (Å²) in [6.07, 6.45) is 4.59. The largest absolute Gasteiger partial charge is 0.481 e. The number of carboxylic acid groups (broad SMARTS) is 1. The predicted octanol–water partition coefficient (Wildman–Crippen LogP) is 4.45. The van der Waals surface area contributed by atoms with Gasteiger partial charge >= 0.3 is 12.1 Å². The van der Waals surface area contributed by atoms with Crippen LogP contribution >= 0.6 is 0 Å². The van der Waals surface area contributed by atoms with Crippen LogP contribution < -0.4 is 10.6 Å². The van der Waals surface area contributed by atoms with E-state index in [1.54, 1.807) is 0 Å². The van der Waals surface area contributed by atoms with Gasteiger partial charge in [-0.3, -0.25) is 9.59 Å². The molecule has 2 aromatic rings. The molecule has 4 unspecified atom stereocenters. The average Bonchev–Trinajstić information content (AvgIpc) is 3.46. The van der Waals surface area contributed by atoms with Crippen LogP contribution in [0.25, 0.3) is 11.1 Å². The van der Waals surface area contributed by atoms with Crippen LogP contribution in [0.15, 0.2) is 48.5 Å². The lowest BCUT2D eigenvalue weighted by Crippen LogP contribution is -2.47. The molecule has 2 amide bonds. The minimum atomic E-state index is -0.837. The number of fused-ring (bicyclic) bond motifs is 3. The van der Waals surface area contributed by atoms with Crippen LogP contribution in [0.1, 0.15) is 62.0 Å². The van der Waals surface area contributed by atoms with Gasteiger partial charge in [-0.1, -0.05) is 61.4 Å². The second-order valence-electron chi connectivity index (χ2n) is 10.0. The van der Waals surface area contributed by atoms with E-state index in [4.69, 9.17) is 4.74 Å². The molecule has 7 nitrogen and oxygen atoms in total. The maximum atomic E-state index is 12.8. The number of alkyl carbamates (subject to hydrolysis) is 1. The highest BCUT2D eigenvalue weighted by molar-refractivity contribution is 5.81. The highest BCUT2D eigenvalue weighted by atomic mass is 16.5. The van der Waals surface area contributed by atoms with E-state index >= 15 is 0 Å². The van der Waals surface area contributed by atoms with Crippen LogP contribution in [0.2, 0.25) is 0 Å². The number of benzene rings is 2. The van der Waals surface area contributed by atoms with E-state index in [-0.39, 0.29) is 36.4 Å². The summed E-state index contributed by atoms with van der Waals surface area (Å²) < 4.78 is 5.64. The zero-order chi connectivity index (χ0) is 24.4. The molecule has 0 saturated heterocycles. The Kier molecular flexibility index (Phi) is 6.75. The topological polar surface area (TPSA) is 105 Å². The summed E-state index contributed by atoms with van der Waals surface area (Å²) in [4.78, 5) is 36.9. The molecule has 2 saturated carbocycles. The number of ether oxygens (including phenoxy) is 1. The molecular weight excluding hydrogens is 444 g/mol. The Bertz CT molecular complexity index is 1070. The maximum Gasteiger partial charge on any atom is 0.407 e. The van der Waals surface area contributed by atoms with Gasteiger partial charge in [0, 0.05) is 23.9 Å². The summed E-state index contributed by atoms with van der Waals surface area (Å²) in [6.45, 7) is 0.259. The zero-order valence-electron chi connectivity index (χ0n) is 19.7. The molecule has 4 atom stereocenters. The second-order valence-corrected chi connectivity index (χ2v) is 10.0. The van der Waals surface area contributed by atoms with Crippen molar-refractivity contribution in [3.8, 4) is 11.1 Å². The highest BCUT2D eigenvalue weighted by Crippen LogP contribution is 2.44. The van der Waals surface area contributed by atoms with E-state index in [0.29, 0.717) is 32.1 Å². The first-order valence-electron chi connectivity index (χ1n) is 12.7. The highest BCUT2D eigenvalue weighted by Gasteiger charge is 2.36. The van der Waals surface area contributed by atoms with Gasteiger partial charge in [-0.25, -0.2) is 4.79 Å². The summed E-state index contributed by atoms with van der Waals surface area (Å²) in [5.74, 6) is -1.65. The van der Waals surface area contributed by atoms with Gasteiger partial charge in [-0.05, 0) is 54.4 Å². The van der Waals surface area contributed by atoms with Crippen molar-refractivity contribution in [1.82, 2.24) is 10.6 Å². The SMILES string of the molecule is O=C(NC1CCC(C(=O)NC2CCCCC2C(=O)O)C1)OCC1c2ccccc2-c2ccccc21.